The maximum Gasteiger partial charge on any atom is 0.191 e. The van der Waals surface area contributed by atoms with E-state index in [1.165, 1.54) is 37.9 Å². The highest BCUT2D eigenvalue weighted by Gasteiger charge is 2.34. The Morgan fingerprint density at radius 1 is 1.20 bits per heavy atom. The van der Waals surface area contributed by atoms with Gasteiger partial charge in [0.25, 0.3) is 0 Å². The number of nitrogens with one attached hydrogen (secondary N) is 2. The van der Waals surface area contributed by atoms with E-state index >= 15 is 0 Å². The number of benzene rings is 1. The minimum atomic E-state index is 0. The summed E-state index contributed by atoms with van der Waals surface area (Å²) in [5.74, 6) is 1.66. The maximum absolute atomic E-state index is 5.93. The molecule has 1 aromatic rings. The molecule has 0 amide bonds. The third-order valence-corrected chi connectivity index (χ3v) is 5.10. The lowest BCUT2D eigenvalue weighted by Gasteiger charge is -2.15. The largest absolute Gasteiger partial charge is 0.357 e. The van der Waals surface area contributed by atoms with Crippen LogP contribution >= 0.6 is 35.6 Å². The molecule has 1 saturated carbocycles. The fourth-order valence-electron chi connectivity index (χ4n) is 3.32. The lowest BCUT2D eigenvalue weighted by molar-refractivity contribution is 0.315. The van der Waals surface area contributed by atoms with E-state index in [4.69, 9.17) is 16.6 Å². The summed E-state index contributed by atoms with van der Waals surface area (Å²) < 4.78 is 0. The number of hydrogen-bond acceptors (Lipinski definition) is 2. The lowest BCUT2D eigenvalue weighted by Crippen LogP contribution is -2.38. The van der Waals surface area contributed by atoms with Gasteiger partial charge in [-0.1, -0.05) is 23.7 Å². The normalized spacial score (nSPS) is 21.0. The van der Waals surface area contributed by atoms with Gasteiger partial charge in [0, 0.05) is 37.2 Å². The first-order chi connectivity index (χ1) is 11.7. The fraction of sp³-hybridized carbons (Fsp3) is 0.632. The van der Waals surface area contributed by atoms with Gasteiger partial charge in [-0.15, -0.1) is 24.0 Å². The second kappa shape index (κ2) is 10.6. The maximum atomic E-state index is 5.93. The number of halogens is 2. The number of nitrogens with zero attached hydrogens (tertiary/aromatic N) is 2. The number of hydrogen-bond donors (Lipinski definition) is 2. The van der Waals surface area contributed by atoms with Crippen molar-refractivity contribution < 1.29 is 0 Å². The Balaban J connectivity index is 0.00000225. The van der Waals surface area contributed by atoms with Crippen molar-refractivity contribution in [3.05, 3.63) is 34.9 Å². The summed E-state index contributed by atoms with van der Waals surface area (Å²) in [5.41, 5.74) is 1.29. The van der Waals surface area contributed by atoms with E-state index < -0.39 is 0 Å². The van der Waals surface area contributed by atoms with Gasteiger partial charge in [-0.2, -0.15) is 0 Å². The van der Waals surface area contributed by atoms with Crippen LogP contribution in [0.3, 0.4) is 0 Å². The summed E-state index contributed by atoms with van der Waals surface area (Å²) in [7, 11) is 0. The lowest BCUT2D eigenvalue weighted by atomic mass is 10.1. The molecule has 0 bridgehead atoms. The van der Waals surface area contributed by atoms with Crippen molar-refractivity contribution >= 4 is 41.5 Å². The smallest absolute Gasteiger partial charge is 0.191 e. The van der Waals surface area contributed by atoms with Crippen molar-refractivity contribution in [1.29, 1.82) is 0 Å². The van der Waals surface area contributed by atoms with Gasteiger partial charge in [-0.05, 0) is 62.8 Å². The Bertz CT molecular complexity index is 545. The Labute approximate surface area is 173 Å². The Kier molecular flexibility index (Phi) is 8.79. The first kappa shape index (κ1) is 20.8. The summed E-state index contributed by atoms with van der Waals surface area (Å²) in [6.45, 7) is 7.32. The summed E-state index contributed by atoms with van der Waals surface area (Å²) in [6.07, 6.45) is 5.08. The summed E-state index contributed by atoms with van der Waals surface area (Å²) in [4.78, 5) is 7.46. The van der Waals surface area contributed by atoms with Gasteiger partial charge >= 0.3 is 0 Å². The molecular formula is C19H30ClIN4. The van der Waals surface area contributed by atoms with Gasteiger partial charge < -0.3 is 15.5 Å². The number of likely N-dealkylation sites (tertiary alicyclic amines) is 1. The van der Waals surface area contributed by atoms with Gasteiger partial charge in [-0.3, -0.25) is 4.99 Å². The Hall–Kier alpha value is -0.530. The van der Waals surface area contributed by atoms with E-state index in [-0.39, 0.29) is 24.0 Å². The predicted octanol–water partition coefficient (Wildman–Crippen LogP) is 3.54. The standard InChI is InChI=1S/C19H29ClN4.HI/c1-2-21-19(22-11-9-15-3-5-17(20)6-4-15)23-13-16-10-12-24(14-16)18-7-8-18;/h3-6,16,18H,2,7-14H2,1H3,(H2,21,22,23);1H. The molecular weight excluding hydrogens is 447 g/mol. The van der Waals surface area contributed by atoms with E-state index in [2.05, 4.69) is 34.6 Å². The monoisotopic (exact) mass is 476 g/mol. The van der Waals surface area contributed by atoms with Gasteiger partial charge in [-0.25, -0.2) is 0 Å². The molecule has 0 spiro atoms. The second-order valence-corrected chi connectivity index (χ2v) is 7.34. The highest BCUT2D eigenvalue weighted by Crippen LogP contribution is 2.31. The number of guanidine groups is 1. The molecule has 140 valence electrons. The molecule has 0 radical (unpaired) electrons. The minimum Gasteiger partial charge on any atom is -0.357 e. The van der Waals surface area contributed by atoms with Crippen LogP contribution in [0.2, 0.25) is 5.02 Å². The first-order valence-corrected chi connectivity index (χ1v) is 9.63. The van der Waals surface area contributed by atoms with Crippen LogP contribution in [-0.4, -0.2) is 49.6 Å². The number of rotatable bonds is 7. The van der Waals surface area contributed by atoms with Crippen LogP contribution in [0.1, 0.15) is 31.7 Å². The van der Waals surface area contributed by atoms with E-state index in [9.17, 15) is 0 Å². The van der Waals surface area contributed by atoms with Crippen molar-refractivity contribution in [3.8, 4) is 0 Å². The van der Waals surface area contributed by atoms with Crippen molar-refractivity contribution in [3.63, 3.8) is 0 Å². The van der Waals surface area contributed by atoms with Crippen LogP contribution in [-0.2, 0) is 6.42 Å². The SMILES string of the molecule is CCNC(=NCC1CCN(C2CC2)C1)NCCc1ccc(Cl)cc1.I. The molecule has 1 aliphatic carbocycles. The van der Waals surface area contributed by atoms with Crippen LogP contribution < -0.4 is 10.6 Å². The highest BCUT2D eigenvalue weighted by atomic mass is 127. The topological polar surface area (TPSA) is 39.7 Å². The number of aliphatic imine (C=N–C) groups is 1. The van der Waals surface area contributed by atoms with Gasteiger partial charge in [0.2, 0.25) is 0 Å². The molecule has 3 rings (SSSR count). The molecule has 1 unspecified atom stereocenters. The molecule has 2 N–H and O–H groups in total. The van der Waals surface area contributed by atoms with Crippen LogP contribution in [0.15, 0.2) is 29.3 Å². The van der Waals surface area contributed by atoms with E-state index in [1.54, 1.807) is 0 Å². The van der Waals surface area contributed by atoms with Crippen molar-refractivity contribution in [2.24, 2.45) is 10.9 Å². The molecule has 1 saturated heterocycles. The molecule has 1 heterocycles. The van der Waals surface area contributed by atoms with Crippen LogP contribution in [0, 0.1) is 5.92 Å². The van der Waals surface area contributed by atoms with Gasteiger partial charge in [0.05, 0.1) is 0 Å². The van der Waals surface area contributed by atoms with Crippen molar-refractivity contribution in [2.75, 3.05) is 32.7 Å². The second-order valence-electron chi connectivity index (χ2n) is 6.90. The van der Waals surface area contributed by atoms with Crippen LogP contribution in [0.25, 0.3) is 0 Å². The van der Waals surface area contributed by atoms with Crippen molar-refractivity contribution in [1.82, 2.24) is 15.5 Å². The minimum absolute atomic E-state index is 0. The zero-order chi connectivity index (χ0) is 16.8. The third kappa shape index (κ3) is 6.94. The van der Waals surface area contributed by atoms with Gasteiger partial charge in [0.1, 0.15) is 0 Å². The van der Waals surface area contributed by atoms with Gasteiger partial charge in [0.15, 0.2) is 5.96 Å². The Morgan fingerprint density at radius 2 is 1.96 bits per heavy atom. The zero-order valence-electron chi connectivity index (χ0n) is 15.0. The predicted molar refractivity (Wildman–Crippen MR) is 117 cm³/mol. The van der Waals surface area contributed by atoms with E-state index in [0.717, 1.165) is 49.0 Å². The third-order valence-electron chi connectivity index (χ3n) is 4.85. The molecule has 2 aliphatic rings. The fourth-order valence-corrected chi connectivity index (χ4v) is 3.45. The van der Waals surface area contributed by atoms with E-state index in [1.807, 2.05) is 12.1 Å². The molecule has 25 heavy (non-hydrogen) atoms. The summed E-state index contributed by atoms with van der Waals surface area (Å²) in [6, 6.07) is 8.95. The van der Waals surface area contributed by atoms with Crippen molar-refractivity contribution in [2.45, 2.75) is 38.6 Å². The molecule has 6 heteroatoms. The molecule has 1 aliphatic heterocycles. The molecule has 4 nitrogen and oxygen atoms in total. The molecule has 0 aromatic heterocycles. The molecule has 1 atom stereocenters. The quantitative estimate of drug-likeness (QED) is 0.359. The van der Waals surface area contributed by atoms with Crippen LogP contribution in [0.5, 0.6) is 0 Å². The van der Waals surface area contributed by atoms with E-state index in [0.29, 0.717) is 0 Å². The summed E-state index contributed by atoms with van der Waals surface area (Å²) in [5, 5.41) is 7.59. The average Bonchev–Trinajstić information content (AvgIpc) is 3.33. The highest BCUT2D eigenvalue weighted by molar-refractivity contribution is 14.0. The Morgan fingerprint density at radius 3 is 2.64 bits per heavy atom. The first-order valence-electron chi connectivity index (χ1n) is 9.25. The summed E-state index contributed by atoms with van der Waals surface area (Å²) >= 11 is 5.93. The van der Waals surface area contributed by atoms with Crippen LogP contribution in [0.4, 0.5) is 0 Å². The average molecular weight is 477 g/mol. The zero-order valence-corrected chi connectivity index (χ0v) is 18.1. The molecule has 1 aromatic carbocycles. The molecule has 2 fully saturated rings.